The molecule has 2 saturated carbocycles. The summed E-state index contributed by atoms with van der Waals surface area (Å²) >= 11 is 0. The van der Waals surface area contributed by atoms with Gasteiger partial charge in [-0.2, -0.15) is 0 Å². The first-order valence-corrected chi connectivity index (χ1v) is 9.93. The summed E-state index contributed by atoms with van der Waals surface area (Å²) in [4.78, 5) is 0. The van der Waals surface area contributed by atoms with Crippen molar-refractivity contribution in [3.05, 3.63) is 0 Å². The van der Waals surface area contributed by atoms with E-state index in [1.54, 1.807) is 0 Å². The molecule has 2 aliphatic rings. The maximum absolute atomic E-state index is 2.51. The molecule has 4 atom stereocenters. The van der Waals surface area contributed by atoms with Crippen LogP contribution in [0, 0.1) is 47.3 Å². The van der Waals surface area contributed by atoms with E-state index in [0.29, 0.717) is 0 Å². The summed E-state index contributed by atoms with van der Waals surface area (Å²) < 4.78 is 0. The molecule has 2 fully saturated rings. The number of hydrogen-bond acceptors (Lipinski definition) is 0. The Labute approximate surface area is 134 Å². The molecule has 0 spiro atoms. The molecule has 0 aromatic carbocycles. The van der Waals surface area contributed by atoms with Crippen molar-refractivity contribution >= 4 is 0 Å². The minimum atomic E-state index is 0.858. The second-order valence-electron chi connectivity index (χ2n) is 9.19. The van der Waals surface area contributed by atoms with Crippen molar-refractivity contribution in [3.63, 3.8) is 0 Å². The van der Waals surface area contributed by atoms with Crippen LogP contribution in [-0.2, 0) is 0 Å². The van der Waals surface area contributed by atoms with Crippen LogP contribution in [0.25, 0.3) is 0 Å². The Morgan fingerprint density at radius 3 is 1.62 bits per heavy atom. The molecular formula is C21H40. The largest absolute Gasteiger partial charge is 0.0625 e. The van der Waals surface area contributed by atoms with Crippen LogP contribution in [0.5, 0.6) is 0 Å². The first-order valence-electron chi connectivity index (χ1n) is 9.93. The zero-order valence-corrected chi connectivity index (χ0v) is 15.6. The smallest absolute Gasteiger partial charge is 0.0326 e. The van der Waals surface area contributed by atoms with E-state index in [0.717, 1.165) is 47.3 Å². The van der Waals surface area contributed by atoms with Gasteiger partial charge in [-0.25, -0.2) is 0 Å². The maximum Gasteiger partial charge on any atom is -0.0326 e. The van der Waals surface area contributed by atoms with Gasteiger partial charge in [0.1, 0.15) is 0 Å². The van der Waals surface area contributed by atoms with Gasteiger partial charge in [0.25, 0.3) is 0 Å². The molecule has 0 radical (unpaired) electrons. The molecule has 0 aliphatic heterocycles. The normalized spacial score (nSPS) is 35.9. The Morgan fingerprint density at radius 1 is 0.571 bits per heavy atom. The maximum atomic E-state index is 2.51. The minimum absolute atomic E-state index is 0.858. The van der Waals surface area contributed by atoms with E-state index in [9.17, 15) is 0 Å². The van der Waals surface area contributed by atoms with Gasteiger partial charge in [-0.15, -0.1) is 0 Å². The average Bonchev–Trinajstić information content (AvgIpc) is 2.46. The molecule has 0 aromatic rings. The predicted octanol–water partition coefficient (Wildman–Crippen LogP) is 6.79. The highest BCUT2D eigenvalue weighted by Crippen LogP contribution is 2.52. The van der Waals surface area contributed by atoms with Crippen molar-refractivity contribution in [2.45, 2.75) is 86.5 Å². The van der Waals surface area contributed by atoms with Gasteiger partial charge in [-0.3, -0.25) is 0 Å². The molecule has 2 aliphatic carbocycles. The van der Waals surface area contributed by atoms with Crippen LogP contribution in [0.2, 0.25) is 0 Å². The van der Waals surface area contributed by atoms with E-state index in [1.165, 1.54) is 44.9 Å². The van der Waals surface area contributed by atoms with E-state index < -0.39 is 0 Å². The van der Waals surface area contributed by atoms with Gasteiger partial charge < -0.3 is 0 Å². The Bertz CT molecular complexity index is 295. The van der Waals surface area contributed by atoms with Gasteiger partial charge >= 0.3 is 0 Å². The third-order valence-corrected chi connectivity index (χ3v) is 6.92. The van der Waals surface area contributed by atoms with Crippen molar-refractivity contribution in [2.75, 3.05) is 0 Å². The van der Waals surface area contributed by atoms with E-state index in [1.807, 2.05) is 0 Å². The number of hydrogen-bond donors (Lipinski definition) is 0. The molecule has 0 aromatic heterocycles. The molecule has 0 saturated heterocycles. The summed E-state index contributed by atoms with van der Waals surface area (Å²) in [7, 11) is 0. The van der Waals surface area contributed by atoms with Gasteiger partial charge in [0.15, 0.2) is 0 Å². The molecule has 0 heteroatoms. The lowest BCUT2D eigenvalue weighted by molar-refractivity contribution is -0.0266. The molecule has 0 amide bonds. The summed E-state index contributed by atoms with van der Waals surface area (Å²) in [6.07, 6.45) is 10.6. The fourth-order valence-corrected chi connectivity index (χ4v) is 6.11. The lowest BCUT2D eigenvalue weighted by Gasteiger charge is -2.51. The second-order valence-corrected chi connectivity index (χ2v) is 9.19. The van der Waals surface area contributed by atoms with Crippen LogP contribution in [0.3, 0.4) is 0 Å². The molecular weight excluding hydrogens is 252 g/mol. The van der Waals surface area contributed by atoms with Crippen LogP contribution in [0.1, 0.15) is 86.5 Å². The summed E-state index contributed by atoms with van der Waals surface area (Å²) in [5, 5.41) is 0. The van der Waals surface area contributed by atoms with Gasteiger partial charge in [0.05, 0.1) is 0 Å². The fraction of sp³-hybridized carbons (Fsp3) is 1.00. The molecule has 124 valence electrons. The van der Waals surface area contributed by atoms with Crippen LogP contribution in [0.4, 0.5) is 0 Å². The fourth-order valence-electron chi connectivity index (χ4n) is 6.11. The third kappa shape index (κ3) is 3.85. The molecule has 0 nitrogen and oxygen atoms in total. The average molecular weight is 293 g/mol. The van der Waals surface area contributed by atoms with Crippen molar-refractivity contribution in [2.24, 2.45) is 47.3 Å². The number of rotatable bonds is 4. The minimum Gasteiger partial charge on any atom is -0.0625 e. The summed E-state index contributed by atoms with van der Waals surface area (Å²) in [6, 6.07) is 0. The Hall–Kier alpha value is 0. The van der Waals surface area contributed by atoms with Crippen LogP contribution < -0.4 is 0 Å². The first kappa shape index (κ1) is 17.4. The molecule has 4 unspecified atom stereocenters. The van der Waals surface area contributed by atoms with Crippen molar-refractivity contribution in [1.82, 2.24) is 0 Å². The first-order chi connectivity index (χ1) is 9.93. The Balaban J connectivity index is 2.22. The lowest BCUT2D eigenvalue weighted by Crippen LogP contribution is -2.45. The van der Waals surface area contributed by atoms with Crippen LogP contribution in [-0.4, -0.2) is 0 Å². The zero-order valence-electron chi connectivity index (χ0n) is 15.6. The standard InChI is InChI=1S/C21H40/c1-14(2)18-12-13-19(17-10-8-7-9-11-17)21(16(5)6)20(18)15(3)4/h14-21H,7-13H2,1-6H3. The van der Waals surface area contributed by atoms with E-state index in [-0.39, 0.29) is 0 Å². The Kier molecular flexibility index (Phi) is 6.21. The predicted molar refractivity (Wildman–Crippen MR) is 94.3 cm³/mol. The second kappa shape index (κ2) is 7.51. The highest BCUT2D eigenvalue weighted by molar-refractivity contribution is 4.94. The van der Waals surface area contributed by atoms with E-state index in [2.05, 4.69) is 41.5 Å². The lowest BCUT2D eigenvalue weighted by atomic mass is 9.54. The summed E-state index contributed by atoms with van der Waals surface area (Å²) in [5.74, 6) is 7.60. The molecule has 2 rings (SSSR count). The summed E-state index contributed by atoms with van der Waals surface area (Å²) in [5.41, 5.74) is 0. The van der Waals surface area contributed by atoms with Gasteiger partial charge in [-0.1, -0.05) is 73.6 Å². The summed E-state index contributed by atoms with van der Waals surface area (Å²) in [6.45, 7) is 15.0. The SMILES string of the molecule is CC(C)C1CCC(C2CCCCC2)C(C(C)C)C1C(C)C. The van der Waals surface area contributed by atoms with Crippen molar-refractivity contribution in [3.8, 4) is 0 Å². The quantitative estimate of drug-likeness (QED) is 0.535. The topological polar surface area (TPSA) is 0 Å². The van der Waals surface area contributed by atoms with E-state index in [4.69, 9.17) is 0 Å². The Morgan fingerprint density at radius 2 is 1.14 bits per heavy atom. The van der Waals surface area contributed by atoms with E-state index >= 15 is 0 Å². The zero-order chi connectivity index (χ0) is 15.6. The van der Waals surface area contributed by atoms with Gasteiger partial charge in [0.2, 0.25) is 0 Å². The van der Waals surface area contributed by atoms with Gasteiger partial charge in [-0.05, 0) is 60.2 Å². The molecule has 0 N–H and O–H groups in total. The van der Waals surface area contributed by atoms with Gasteiger partial charge in [0, 0.05) is 0 Å². The molecule has 21 heavy (non-hydrogen) atoms. The third-order valence-electron chi connectivity index (χ3n) is 6.92. The highest BCUT2D eigenvalue weighted by Gasteiger charge is 2.45. The molecule has 0 heterocycles. The highest BCUT2D eigenvalue weighted by atomic mass is 14.5. The van der Waals surface area contributed by atoms with Crippen molar-refractivity contribution in [1.29, 1.82) is 0 Å². The van der Waals surface area contributed by atoms with Crippen molar-refractivity contribution < 1.29 is 0 Å². The van der Waals surface area contributed by atoms with Crippen LogP contribution >= 0.6 is 0 Å². The monoisotopic (exact) mass is 292 g/mol. The molecule has 0 bridgehead atoms. The van der Waals surface area contributed by atoms with Crippen LogP contribution in [0.15, 0.2) is 0 Å².